The van der Waals surface area contributed by atoms with Gasteiger partial charge in [0.15, 0.2) is 11.5 Å². The Labute approximate surface area is 192 Å². The first-order valence-corrected chi connectivity index (χ1v) is 10.9. The van der Waals surface area contributed by atoms with Crippen LogP contribution in [0.2, 0.25) is 5.02 Å². The maximum absolute atomic E-state index is 6.52. The van der Waals surface area contributed by atoms with Crippen LogP contribution in [0.1, 0.15) is 49.8 Å². The molecule has 2 aromatic carbocycles. The van der Waals surface area contributed by atoms with Gasteiger partial charge in [0.2, 0.25) is 0 Å². The van der Waals surface area contributed by atoms with Crippen molar-refractivity contribution in [1.29, 1.82) is 0 Å². The molecule has 0 bridgehead atoms. The summed E-state index contributed by atoms with van der Waals surface area (Å²) in [7, 11) is 0. The number of aryl methyl sites for hydroxylation is 1. The van der Waals surface area contributed by atoms with E-state index in [1.54, 1.807) is 0 Å². The molecule has 0 aliphatic heterocycles. The molecule has 0 amide bonds. The van der Waals surface area contributed by atoms with Crippen LogP contribution in [0.4, 0.5) is 0 Å². The van der Waals surface area contributed by atoms with E-state index in [9.17, 15) is 0 Å². The zero-order valence-corrected chi connectivity index (χ0v) is 19.9. The lowest BCUT2D eigenvalue weighted by Crippen LogP contribution is -2.16. The standard InChI is InChI=1S/C24H34ClNO3.ClH/c1-4-6-13-27-14-7-12-26-17-21-15-22(25)24(23(16-21)28-5-2)29-18-20-10-8-19(3)9-11-20;/h8-11,15-16,26H,4-7,12-14,17-18H2,1-3H3;1H. The molecule has 0 aliphatic carbocycles. The molecule has 0 aliphatic rings. The summed E-state index contributed by atoms with van der Waals surface area (Å²) in [6.45, 7) is 10.5. The number of halogens is 2. The summed E-state index contributed by atoms with van der Waals surface area (Å²) in [6, 6.07) is 12.2. The average Bonchev–Trinajstić information content (AvgIpc) is 2.71. The number of nitrogens with one attached hydrogen (secondary N) is 1. The Morgan fingerprint density at radius 3 is 2.37 bits per heavy atom. The van der Waals surface area contributed by atoms with Crippen molar-refractivity contribution in [3.8, 4) is 11.5 Å². The zero-order valence-electron chi connectivity index (χ0n) is 18.3. The Hall–Kier alpha value is -1.46. The third-order valence-electron chi connectivity index (χ3n) is 4.49. The molecule has 2 rings (SSSR count). The number of hydrogen-bond donors (Lipinski definition) is 1. The summed E-state index contributed by atoms with van der Waals surface area (Å²) in [4.78, 5) is 0. The van der Waals surface area contributed by atoms with Crippen molar-refractivity contribution in [3.63, 3.8) is 0 Å². The third-order valence-corrected chi connectivity index (χ3v) is 4.77. The summed E-state index contributed by atoms with van der Waals surface area (Å²) < 4.78 is 17.4. The second kappa shape index (κ2) is 15.4. The summed E-state index contributed by atoms with van der Waals surface area (Å²) in [5.74, 6) is 1.29. The van der Waals surface area contributed by atoms with Gasteiger partial charge in [0, 0.05) is 19.8 Å². The van der Waals surface area contributed by atoms with E-state index in [0.717, 1.165) is 50.3 Å². The molecular formula is C24H35Cl2NO3. The van der Waals surface area contributed by atoms with Gasteiger partial charge in [-0.25, -0.2) is 0 Å². The van der Waals surface area contributed by atoms with Crippen LogP contribution in [0.25, 0.3) is 0 Å². The smallest absolute Gasteiger partial charge is 0.180 e. The normalized spacial score (nSPS) is 10.5. The van der Waals surface area contributed by atoms with E-state index >= 15 is 0 Å². The SMILES string of the molecule is CCCCOCCCNCc1cc(Cl)c(OCc2ccc(C)cc2)c(OCC)c1.Cl. The predicted molar refractivity (Wildman–Crippen MR) is 127 cm³/mol. The minimum Gasteiger partial charge on any atom is -0.490 e. The topological polar surface area (TPSA) is 39.7 Å². The first-order valence-electron chi connectivity index (χ1n) is 10.6. The summed E-state index contributed by atoms with van der Waals surface area (Å²) in [5, 5.41) is 4.01. The second-order valence-corrected chi connectivity index (χ2v) is 7.52. The van der Waals surface area contributed by atoms with Crippen LogP contribution >= 0.6 is 24.0 Å². The quantitative estimate of drug-likeness (QED) is 0.337. The van der Waals surface area contributed by atoms with Crippen LogP contribution in [0, 0.1) is 6.92 Å². The molecule has 0 saturated heterocycles. The van der Waals surface area contributed by atoms with E-state index in [1.165, 1.54) is 12.0 Å². The lowest BCUT2D eigenvalue weighted by atomic mass is 10.1. The first-order chi connectivity index (χ1) is 14.1. The number of unbranched alkanes of at least 4 members (excludes halogenated alkanes) is 1. The van der Waals surface area contributed by atoms with Gasteiger partial charge in [0.05, 0.1) is 11.6 Å². The molecule has 0 radical (unpaired) electrons. The van der Waals surface area contributed by atoms with Gasteiger partial charge < -0.3 is 19.5 Å². The molecular weight excluding hydrogens is 421 g/mol. The van der Waals surface area contributed by atoms with Gasteiger partial charge in [-0.15, -0.1) is 12.4 Å². The predicted octanol–water partition coefficient (Wildman–Crippen LogP) is 6.34. The van der Waals surface area contributed by atoms with Crippen LogP contribution in [0.15, 0.2) is 36.4 Å². The fourth-order valence-corrected chi connectivity index (χ4v) is 3.13. The lowest BCUT2D eigenvalue weighted by molar-refractivity contribution is 0.129. The van der Waals surface area contributed by atoms with Crippen molar-refractivity contribution in [1.82, 2.24) is 5.32 Å². The van der Waals surface area contributed by atoms with Gasteiger partial charge in [0.25, 0.3) is 0 Å². The molecule has 0 atom stereocenters. The van der Waals surface area contributed by atoms with Gasteiger partial charge in [-0.3, -0.25) is 0 Å². The molecule has 0 spiro atoms. The monoisotopic (exact) mass is 455 g/mol. The highest BCUT2D eigenvalue weighted by molar-refractivity contribution is 6.32. The lowest BCUT2D eigenvalue weighted by Gasteiger charge is -2.16. The first kappa shape index (κ1) is 26.6. The molecule has 1 N–H and O–H groups in total. The van der Waals surface area contributed by atoms with Crippen LogP contribution < -0.4 is 14.8 Å². The van der Waals surface area contributed by atoms with E-state index in [4.69, 9.17) is 25.8 Å². The fourth-order valence-electron chi connectivity index (χ4n) is 2.85. The summed E-state index contributed by atoms with van der Waals surface area (Å²) >= 11 is 6.52. The average molecular weight is 456 g/mol. The van der Waals surface area contributed by atoms with E-state index in [-0.39, 0.29) is 12.4 Å². The molecule has 0 fully saturated rings. The van der Waals surface area contributed by atoms with Crippen LogP contribution in [-0.2, 0) is 17.9 Å². The number of ether oxygens (including phenoxy) is 3. The van der Waals surface area contributed by atoms with Gasteiger partial charge in [-0.2, -0.15) is 0 Å². The van der Waals surface area contributed by atoms with Gasteiger partial charge >= 0.3 is 0 Å². The van der Waals surface area contributed by atoms with Crippen molar-refractivity contribution in [2.24, 2.45) is 0 Å². The number of hydrogen-bond acceptors (Lipinski definition) is 4. The van der Waals surface area contributed by atoms with E-state index in [0.29, 0.717) is 29.7 Å². The second-order valence-electron chi connectivity index (χ2n) is 7.11. The zero-order chi connectivity index (χ0) is 20.9. The summed E-state index contributed by atoms with van der Waals surface area (Å²) in [5.41, 5.74) is 3.40. The molecule has 2 aromatic rings. The Morgan fingerprint density at radius 2 is 1.67 bits per heavy atom. The van der Waals surface area contributed by atoms with Crippen LogP contribution in [-0.4, -0.2) is 26.4 Å². The van der Waals surface area contributed by atoms with Crippen molar-refractivity contribution in [3.05, 3.63) is 58.1 Å². The fraction of sp³-hybridized carbons (Fsp3) is 0.500. The molecule has 6 heteroatoms. The largest absolute Gasteiger partial charge is 0.490 e. The van der Waals surface area contributed by atoms with Crippen LogP contribution in [0.5, 0.6) is 11.5 Å². The number of benzene rings is 2. The highest BCUT2D eigenvalue weighted by Gasteiger charge is 2.13. The van der Waals surface area contributed by atoms with Gasteiger partial charge in [-0.05, 0) is 56.5 Å². The van der Waals surface area contributed by atoms with Gasteiger partial charge in [0.1, 0.15) is 6.61 Å². The Morgan fingerprint density at radius 1 is 0.933 bits per heavy atom. The molecule has 30 heavy (non-hydrogen) atoms. The van der Waals surface area contributed by atoms with E-state index in [2.05, 4.69) is 43.4 Å². The molecule has 0 heterocycles. The van der Waals surface area contributed by atoms with Crippen molar-refractivity contribution < 1.29 is 14.2 Å². The minimum absolute atomic E-state index is 0. The highest BCUT2D eigenvalue weighted by atomic mass is 35.5. The molecule has 4 nitrogen and oxygen atoms in total. The maximum atomic E-state index is 6.52. The molecule has 0 saturated carbocycles. The minimum atomic E-state index is 0. The van der Waals surface area contributed by atoms with E-state index in [1.807, 2.05) is 19.1 Å². The Bertz CT molecular complexity index is 723. The Kier molecular flexibility index (Phi) is 13.6. The van der Waals surface area contributed by atoms with Gasteiger partial charge in [-0.1, -0.05) is 54.8 Å². The summed E-state index contributed by atoms with van der Waals surface area (Å²) in [6.07, 6.45) is 3.30. The molecule has 168 valence electrons. The third kappa shape index (κ3) is 9.57. The van der Waals surface area contributed by atoms with Crippen LogP contribution in [0.3, 0.4) is 0 Å². The van der Waals surface area contributed by atoms with Crippen molar-refractivity contribution >= 4 is 24.0 Å². The highest BCUT2D eigenvalue weighted by Crippen LogP contribution is 2.37. The maximum Gasteiger partial charge on any atom is 0.180 e. The molecule has 0 unspecified atom stereocenters. The van der Waals surface area contributed by atoms with E-state index < -0.39 is 0 Å². The van der Waals surface area contributed by atoms with Crippen molar-refractivity contribution in [2.45, 2.75) is 53.2 Å². The molecule has 0 aromatic heterocycles. The number of rotatable bonds is 14. The van der Waals surface area contributed by atoms with Crippen molar-refractivity contribution in [2.75, 3.05) is 26.4 Å². The Balaban J connectivity index is 0.00000450.